The van der Waals surface area contributed by atoms with Gasteiger partial charge in [0.2, 0.25) is 5.91 Å². The summed E-state index contributed by atoms with van der Waals surface area (Å²) >= 11 is 0. The van der Waals surface area contributed by atoms with Gasteiger partial charge in [-0.1, -0.05) is 18.2 Å². The number of aromatic nitrogens is 2. The number of ether oxygens (including phenoxy) is 2. The van der Waals surface area contributed by atoms with Crippen molar-refractivity contribution in [3.63, 3.8) is 0 Å². The van der Waals surface area contributed by atoms with Crippen molar-refractivity contribution in [2.24, 2.45) is 0 Å². The zero-order valence-electron chi connectivity index (χ0n) is 16.9. The number of aryl methyl sites for hydroxylation is 1. The monoisotopic (exact) mass is 392 g/mol. The highest BCUT2D eigenvalue weighted by molar-refractivity contribution is 5.91. The number of carbonyl (C=O) groups is 1. The van der Waals surface area contributed by atoms with E-state index in [4.69, 9.17) is 9.47 Å². The van der Waals surface area contributed by atoms with Gasteiger partial charge >= 0.3 is 0 Å². The molecular formula is C22H24N4O3. The molecule has 0 radical (unpaired) electrons. The van der Waals surface area contributed by atoms with Crippen LogP contribution in [0, 0.1) is 13.8 Å². The molecule has 1 aromatic heterocycles. The Kier molecular flexibility index (Phi) is 6.29. The molecule has 0 saturated carbocycles. The van der Waals surface area contributed by atoms with Crippen LogP contribution in [0.3, 0.4) is 0 Å². The topological polar surface area (TPSA) is 85.4 Å². The smallest absolute Gasteiger partial charge is 0.229 e. The summed E-state index contributed by atoms with van der Waals surface area (Å²) in [5.74, 6) is 2.01. The molecule has 0 saturated heterocycles. The molecule has 0 fully saturated rings. The van der Waals surface area contributed by atoms with E-state index >= 15 is 0 Å². The van der Waals surface area contributed by atoms with Crippen LogP contribution < -0.4 is 20.1 Å². The van der Waals surface area contributed by atoms with Crippen LogP contribution >= 0.6 is 0 Å². The van der Waals surface area contributed by atoms with E-state index in [1.54, 1.807) is 38.5 Å². The Morgan fingerprint density at radius 3 is 2.34 bits per heavy atom. The van der Waals surface area contributed by atoms with Crippen LogP contribution in [0.1, 0.15) is 16.7 Å². The summed E-state index contributed by atoms with van der Waals surface area (Å²) in [4.78, 5) is 12.3. The lowest BCUT2D eigenvalue weighted by molar-refractivity contribution is -0.115. The molecule has 0 spiro atoms. The van der Waals surface area contributed by atoms with Crippen molar-refractivity contribution in [1.82, 2.24) is 10.2 Å². The first-order chi connectivity index (χ1) is 14.0. The van der Waals surface area contributed by atoms with Crippen molar-refractivity contribution < 1.29 is 14.3 Å². The van der Waals surface area contributed by atoms with Gasteiger partial charge in [-0.05, 0) is 60.9 Å². The van der Waals surface area contributed by atoms with Crippen LogP contribution in [0.2, 0.25) is 0 Å². The van der Waals surface area contributed by atoms with Crippen LogP contribution in [-0.4, -0.2) is 30.3 Å². The minimum absolute atomic E-state index is 0.185. The van der Waals surface area contributed by atoms with Crippen molar-refractivity contribution >= 4 is 23.2 Å². The van der Waals surface area contributed by atoms with Gasteiger partial charge in [-0.15, -0.1) is 10.2 Å². The van der Waals surface area contributed by atoms with Crippen LogP contribution in [0.25, 0.3) is 0 Å². The Bertz CT molecular complexity index is 1000. The van der Waals surface area contributed by atoms with Crippen molar-refractivity contribution in [3.8, 4) is 11.5 Å². The van der Waals surface area contributed by atoms with Crippen molar-refractivity contribution in [2.45, 2.75) is 20.3 Å². The lowest BCUT2D eigenvalue weighted by atomic mass is 10.1. The number of hydrogen-bond acceptors (Lipinski definition) is 6. The summed E-state index contributed by atoms with van der Waals surface area (Å²) in [5, 5.41) is 14.2. The SMILES string of the molecule is COc1ccc(CC(=O)Nc2ccc(Nc3cccc(C)c3C)nn2)cc1OC. The molecule has 7 heteroatoms. The molecule has 0 aliphatic rings. The predicted molar refractivity (Wildman–Crippen MR) is 113 cm³/mol. The Morgan fingerprint density at radius 1 is 0.931 bits per heavy atom. The molecule has 2 aromatic carbocycles. The number of nitrogens with one attached hydrogen (secondary N) is 2. The van der Waals surface area contributed by atoms with Gasteiger partial charge in [0.15, 0.2) is 23.1 Å². The van der Waals surface area contributed by atoms with Crippen molar-refractivity contribution in [1.29, 1.82) is 0 Å². The van der Waals surface area contributed by atoms with Crippen LogP contribution in [0.4, 0.5) is 17.3 Å². The standard InChI is InChI=1S/C22H24N4O3/c1-14-6-5-7-17(15(14)2)23-20-10-11-21(26-25-20)24-22(27)13-16-8-9-18(28-3)19(12-16)29-4/h5-12H,13H2,1-4H3,(H,23,25)(H,24,26,27). The maximum atomic E-state index is 12.3. The molecule has 2 N–H and O–H groups in total. The van der Waals surface area contributed by atoms with Gasteiger partial charge in [-0.25, -0.2) is 0 Å². The van der Waals surface area contributed by atoms with Gasteiger partial charge in [0.1, 0.15) is 0 Å². The van der Waals surface area contributed by atoms with E-state index in [1.165, 1.54) is 5.56 Å². The molecule has 3 rings (SSSR count). The largest absolute Gasteiger partial charge is 0.493 e. The highest BCUT2D eigenvalue weighted by atomic mass is 16.5. The minimum atomic E-state index is -0.193. The minimum Gasteiger partial charge on any atom is -0.493 e. The fraction of sp³-hybridized carbons (Fsp3) is 0.227. The first-order valence-corrected chi connectivity index (χ1v) is 9.18. The van der Waals surface area contributed by atoms with Gasteiger partial charge in [-0.2, -0.15) is 0 Å². The van der Waals surface area contributed by atoms with Gasteiger partial charge in [0.05, 0.1) is 20.6 Å². The fourth-order valence-corrected chi connectivity index (χ4v) is 2.85. The van der Waals surface area contributed by atoms with Gasteiger partial charge in [-0.3, -0.25) is 4.79 Å². The summed E-state index contributed by atoms with van der Waals surface area (Å²) < 4.78 is 10.5. The second-order valence-electron chi connectivity index (χ2n) is 6.59. The number of nitrogens with zero attached hydrogens (tertiary/aromatic N) is 2. The Hall–Kier alpha value is -3.61. The van der Waals surface area contributed by atoms with Crippen LogP contribution in [0.5, 0.6) is 11.5 Å². The number of amides is 1. The third kappa shape index (κ3) is 5.01. The van der Waals surface area contributed by atoms with Crippen molar-refractivity contribution in [3.05, 3.63) is 65.2 Å². The first kappa shape index (κ1) is 20.1. The van der Waals surface area contributed by atoms with Gasteiger partial charge in [0.25, 0.3) is 0 Å². The quantitative estimate of drug-likeness (QED) is 0.631. The number of hydrogen-bond donors (Lipinski definition) is 2. The normalized spacial score (nSPS) is 10.3. The molecule has 1 heterocycles. The average Bonchev–Trinajstić information content (AvgIpc) is 2.72. The number of methoxy groups -OCH3 is 2. The molecule has 0 atom stereocenters. The number of anilines is 3. The van der Waals surface area contributed by atoms with E-state index in [0.29, 0.717) is 23.1 Å². The van der Waals surface area contributed by atoms with Crippen LogP contribution in [-0.2, 0) is 11.2 Å². The maximum absolute atomic E-state index is 12.3. The first-order valence-electron chi connectivity index (χ1n) is 9.18. The average molecular weight is 392 g/mol. The van der Waals surface area contributed by atoms with E-state index in [9.17, 15) is 4.79 Å². The maximum Gasteiger partial charge on any atom is 0.229 e. The molecule has 0 unspecified atom stereocenters. The molecule has 3 aromatic rings. The molecule has 150 valence electrons. The van der Waals surface area contributed by atoms with E-state index < -0.39 is 0 Å². The predicted octanol–water partition coefficient (Wildman–Crippen LogP) is 4.04. The van der Waals surface area contributed by atoms with E-state index in [-0.39, 0.29) is 12.3 Å². The molecular weight excluding hydrogens is 368 g/mol. The van der Waals surface area contributed by atoms with E-state index in [0.717, 1.165) is 16.8 Å². The third-order valence-corrected chi connectivity index (χ3v) is 4.61. The number of benzene rings is 2. The third-order valence-electron chi connectivity index (χ3n) is 4.61. The Balaban J connectivity index is 1.62. The summed E-state index contributed by atoms with van der Waals surface area (Å²) in [6.07, 6.45) is 0.185. The summed E-state index contributed by atoms with van der Waals surface area (Å²) in [5.41, 5.74) is 4.13. The molecule has 0 bridgehead atoms. The number of carbonyl (C=O) groups excluding carboxylic acids is 1. The van der Waals surface area contributed by atoms with Crippen LogP contribution in [0.15, 0.2) is 48.5 Å². The molecule has 0 aliphatic carbocycles. The van der Waals surface area contributed by atoms with Gasteiger partial charge < -0.3 is 20.1 Å². The zero-order valence-corrected chi connectivity index (χ0v) is 16.9. The molecule has 7 nitrogen and oxygen atoms in total. The highest BCUT2D eigenvalue weighted by Gasteiger charge is 2.10. The van der Waals surface area contributed by atoms with E-state index in [2.05, 4.69) is 33.8 Å². The molecule has 1 amide bonds. The molecule has 29 heavy (non-hydrogen) atoms. The summed E-state index contributed by atoms with van der Waals surface area (Å²) in [6.45, 7) is 4.11. The summed E-state index contributed by atoms with van der Waals surface area (Å²) in [7, 11) is 3.13. The second kappa shape index (κ2) is 9.05. The summed E-state index contributed by atoms with van der Waals surface area (Å²) in [6, 6.07) is 14.9. The fourth-order valence-electron chi connectivity index (χ4n) is 2.85. The Morgan fingerprint density at radius 2 is 1.66 bits per heavy atom. The van der Waals surface area contributed by atoms with E-state index in [1.807, 2.05) is 25.1 Å². The molecule has 0 aliphatic heterocycles. The highest BCUT2D eigenvalue weighted by Crippen LogP contribution is 2.28. The number of rotatable bonds is 7. The van der Waals surface area contributed by atoms with Gasteiger partial charge in [0, 0.05) is 5.69 Å². The van der Waals surface area contributed by atoms with Crippen molar-refractivity contribution in [2.75, 3.05) is 24.9 Å². The Labute approximate surface area is 170 Å². The lowest BCUT2D eigenvalue weighted by Crippen LogP contribution is -2.16. The lowest BCUT2D eigenvalue weighted by Gasteiger charge is -2.11. The zero-order chi connectivity index (χ0) is 20.8. The second-order valence-corrected chi connectivity index (χ2v) is 6.59.